The fraction of sp³-hybridized carbons (Fsp3) is 0.533. The Hall–Kier alpha value is -0.480. The van der Waals surface area contributed by atoms with Crippen LogP contribution in [-0.2, 0) is 11.2 Å². The fourth-order valence-corrected chi connectivity index (χ4v) is 2.81. The maximum Gasteiger partial charge on any atom is 0.222 e. The van der Waals surface area contributed by atoms with Gasteiger partial charge in [-0.2, -0.15) is 0 Å². The summed E-state index contributed by atoms with van der Waals surface area (Å²) >= 11 is 11.9. The van der Waals surface area contributed by atoms with Gasteiger partial charge in [0.05, 0.1) is 10.0 Å². The van der Waals surface area contributed by atoms with E-state index in [9.17, 15) is 4.79 Å². The van der Waals surface area contributed by atoms with Crippen molar-refractivity contribution in [3.63, 3.8) is 0 Å². The second-order valence-electron chi connectivity index (χ2n) is 5.24. The minimum absolute atomic E-state index is 0. The molecular weight excluding hydrogens is 331 g/mol. The molecule has 0 aromatic heterocycles. The molecule has 118 valence electrons. The van der Waals surface area contributed by atoms with Crippen LogP contribution in [0.3, 0.4) is 0 Å². The molecule has 1 aliphatic heterocycles. The van der Waals surface area contributed by atoms with Crippen LogP contribution >= 0.6 is 35.6 Å². The average molecular weight is 352 g/mol. The molecule has 1 unspecified atom stereocenters. The number of carbonyl (C=O) groups excluding carboxylic acids is 1. The number of nitrogens with zero attached hydrogens (tertiary/aromatic N) is 1. The molecule has 1 atom stereocenters. The van der Waals surface area contributed by atoms with E-state index in [4.69, 9.17) is 23.2 Å². The van der Waals surface area contributed by atoms with Crippen molar-refractivity contribution in [3.8, 4) is 0 Å². The van der Waals surface area contributed by atoms with Crippen LogP contribution < -0.4 is 5.32 Å². The largest absolute Gasteiger partial charge is 0.337 e. The predicted molar refractivity (Wildman–Crippen MR) is 90.7 cm³/mol. The van der Waals surface area contributed by atoms with Crippen LogP contribution in [0, 0.1) is 0 Å². The summed E-state index contributed by atoms with van der Waals surface area (Å²) < 4.78 is 0. The molecule has 6 heteroatoms. The number of aryl methyl sites for hydroxylation is 1. The Morgan fingerprint density at radius 1 is 1.38 bits per heavy atom. The molecule has 21 heavy (non-hydrogen) atoms. The van der Waals surface area contributed by atoms with Crippen molar-refractivity contribution in [1.82, 2.24) is 10.2 Å². The van der Waals surface area contributed by atoms with Crippen molar-refractivity contribution in [2.75, 3.05) is 19.6 Å². The lowest BCUT2D eigenvalue weighted by atomic mass is 10.1. The SMILES string of the molecule is CC1CNCCN1C(=O)CCCc1ccc(Cl)c(Cl)c1.Cl. The van der Waals surface area contributed by atoms with E-state index in [0.717, 1.165) is 38.0 Å². The molecule has 1 heterocycles. The standard InChI is InChI=1S/C15H20Cl2N2O.ClH/c1-11-10-18-7-8-19(11)15(20)4-2-3-12-5-6-13(16)14(17)9-12;/h5-6,9,11,18H,2-4,7-8,10H2,1H3;1H. The third-order valence-electron chi connectivity index (χ3n) is 3.66. The van der Waals surface area contributed by atoms with Crippen molar-refractivity contribution in [2.45, 2.75) is 32.2 Å². The summed E-state index contributed by atoms with van der Waals surface area (Å²) in [6, 6.07) is 5.94. The van der Waals surface area contributed by atoms with E-state index >= 15 is 0 Å². The fourth-order valence-electron chi connectivity index (χ4n) is 2.49. The van der Waals surface area contributed by atoms with Crippen molar-refractivity contribution >= 4 is 41.5 Å². The number of halogens is 3. The first-order valence-corrected chi connectivity index (χ1v) is 7.77. The van der Waals surface area contributed by atoms with Crippen LogP contribution in [-0.4, -0.2) is 36.5 Å². The van der Waals surface area contributed by atoms with Gasteiger partial charge < -0.3 is 10.2 Å². The molecule has 0 radical (unpaired) electrons. The van der Waals surface area contributed by atoms with E-state index < -0.39 is 0 Å². The summed E-state index contributed by atoms with van der Waals surface area (Å²) in [5, 5.41) is 4.44. The summed E-state index contributed by atoms with van der Waals surface area (Å²) in [5.74, 6) is 0.249. The van der Waals surface area contributed by atoms with Gasteiger partial charge >= 0.3 is 0 Å². The zero-order valence-electron chi connectivity index (χ0n) is 12.1. The highest BCUT2D eigenvalue weighted by Crippen LogP contribution is 2.23. The molecule has 1 aromatic carbocycles. The van der Waals surface area contributed by atoms with Crippen molar-refractivity contribution < 1.29 is 4.79 Å². The summed E-state index contributed by atoms with van der Waals surface area (Å²) in [7, 11) is 0. The maximum absolute atomic E-state index is 12.2. The Morgan fingerprint density at radius 2 is 2.14 bits per heavy atom. The van der Waals surface area contributed by atoms with Crippen LogP contribution in [0.15, 0.2) is 18.2 Å². The summed E-state index contributed by atoms with van der Waals surface area (Å²) in [6.45, 7) is 4.68. The molecule has 1 fully saturated rings. The molecule has 1 N–H and O–H groups in total. The number of hydrogen-bond donors (Lipinski definition) is 1. The minimum Gasteiger partial charge on any atom is -0.337 e. The topological polar surface area (TPSA) is 32.3 Å². The normalized spacial score (nSPS) is 18.2. The Bertz CT molecular complexity index is 482. The summed E-state index contributed by atoms with van der Waals surface area (Å²) in [4.78, 5) is 14.1. The number of piperazine rings is 1. The Morgan fingerprint density at radius 3 is 2.81 bits per heavy atom. The number of benzene rings is 1. The first-order valence-electron chi connectivity index (χ1n) is 7.02. The number of hydrogen-bond acceptors (Lipinski definition) is 2. The summed E-state index contributed by atoms with van der Waals surface area (Å²) in [6.07, 6.45) is 2.28. The molecule has 2 rings (SSSR count). The molecule has 0 spiro atoms. The van der Waals surface area contributed by atoms with Gasteiger partial charge in [-0.25, -0.2) is 0 Å². The second-order valence-corrected chi connectivity index (χ2v) is 6.06. The van der Waals surface area contributed by atoms with Crippen LogP contribution in [0.1, 0.15) is 25.3 Å². The van der Waals surface area contributed by atoms with Crippen LogP contribution in [0.2, 0.25) is 10.0 Å². The van der Waals surface area contributed by atoms with Gasteiger partial charge in [-0.15, -0.1) is 12.4 Å². The molecule has 1 aromatic rings. The molecule has 1 amide bonds. The maximum atomic E-state index is 12.2. The van der Waals surface area contributed by atoms with E-state index in [0.29, 0.717) is 22.5 Å². The van der Waals surface area contributed by atoms with E-state index in [-0.39, 0.29) is 18.3 Å². The second kappa shape index (κ2) is 8.84. The van der Waals surface area contributed by atoms with Gasteiger partial charge in [0.1, 0.15) is 0 Å². The quantitative estimate of drug-likeness (QED) is 0.899. The third-order valence-corrected chi connectivity index (χ3v) is 4.40. The highest BCUT2D eigenvalue weighted by molar-refractivity contribution is 6.42. The average Bonchev–Trinajstić information content (AvgIpc) is 2.43. The number of rotatable bonds is 4. The molecule has 0 saturated carbocycles. The van der Waals surface area contributed by atoms with E-state index in [1.165, 1.54) is 0 Å². The first-order chi connectivity index (χ1) is 9.58. The smallest absolute Gasteiger partial charge is 0.222 e. The predicted octanol–water partition coefficient (Wildman–Crippen LogP) is 3.56. The monoisotopic (exact) mass is 350 g/mol. The molecule has 1 saturated heterocycles. The molecular formula is C15H21Cl3N2O. The van der Waals surface area contributed by atoms with Gasteiger partial charge in [-0.3, -0.25) is 4.79 Å². The Labute approximate surface area is 142 Å². The van der Waals surface area contributed by atoms with Crippen LogP contribution in [0.5, 0.6) is 0 Å². The summed E-state index contributed by atoms with van der Waals surface area (Å²) in [5.41, 5.74) is 1.13. The van der Waals surface area contributed by atoms with Gasteiger partial charge in [-0.1, -0.05) is 29.3 Å². The zero-order chi connectivity index (χ0) is 14.5. The number of amides is 1. The van der Waals surface area contributed by atoms with Gasteiger partial charge in [-0.05, 0) is 37.5 Å². The van der Waals surface area contributed by atoms with E-state index in [1.54, 1.807) is 6.07 Å². The van der Waals surface area contributed by atoms with Gasteiger partial charge in [0.15, 0.2) is 0 Å². The van der Waals surface area contributed by atoms with E-state index in [2.05, 4.69) is 12.2 Å². The van der Waals surface area contributed by atoms with E-state index in [1.807, 2.05) is 17.0 Å². The third kappa shape index (κ3) is 5.33. The lowest BCUT2D eigenvalue weighted by Crippen LogP contribution is -2.52. The minimum atomic E-state index is 0. The molecule has 3 nitrogen and oxygen atoms in total. The highest BCUT2D eigenvalue weighted by Gasteiger charge is 2.22. The number of nitrogens with one attached hydrogen (secondary N) is 1. The Kier molecular flexibility index (Phi) is 7.82. The highest BCUT2D eigenvalue weighted by atomic mass is 35.5. The molecule has 0 aliphatic carbocycles. The van der Waals surface area contributed by atoms with Crippen molar-refractivity contribution in [3.05, 3.63) is 33.8 Å². The van der Waals surface area contributed by atoms with Crippen LogP contribution in [0.4, 0.5) is 0 Å². The number of carbonyl (C=O) groups is 1. The lowest BCUT2D eigenvalue weighted by Gasteiger charge is -2.34. The van der Waals surface area contributed by atoms with Gasteiger partial charge in [0.25, 0.3) is 0 Å². The van der Waals surface area contributed by atoms with Crippen molar-refractivity contribution in [1.29, 1.82) is 0 Å². The van der Waals surface area contributed by atoms with Crippen LogP contribution in [0.25, 0.3) is 0 Å². The first kappa shape index (κ1) is 18.6. The molecule has 0 bridgehead atoms. The lowest BCUT2D eigenvalue weighted by molar-refractivity contribution is -0.134. The van der Waals surface area contributed by atoms with Gasteiger partial charge in [0.2, 0.25) is 5.91 Å². The van der Waals surface area contributed by atoms with Crippen molar-refractivity contribution in [2.24, 2.45) is 0 Å². The Balaban J connectivity index is 0.00000220. The zero-order valence-corrected chi connectivity index (χ0v) is 14.4. The molecule has 1 aliphatic rings. The van der Waals surface area contributed by atoms with Gasteiger partial charge in [0, 0.05) is 32.1 Å².